The first-order valence-electron chi connectivity index (χ1n) is 9.46. The number of unbranched alkanes of at least 4 members (excludes halogenated alkanes) is 1. The molecule has 2 aromatic heterocycles. The third-order valence-electron chi connectivity index (χ3n) is 4.17. The molecule has 3 aromatic rings. The van der Waals surface area contributed by atoms with Crippen LogP contribution in [0.15, 0.2) is 35.1 Å². The smallest absolute Gasteiger partial charge is 0.340 e. The standard InChI is InChI=1S/C20H22N4O4S/c1-3-5-10-16(25)22-15-9-7-6-8-14(15)19(27)28-12-13-11-18(26)24-20(21-13)29-17(4-2)23-24/h6-9,11H,3-5,10,12H2,1-2H3,(H,22,25). The minimum atomic E-state index is -0.600. The van der Waals surface area contributed by atoms with E-state index in [4.69, 9.17) is 4.74 Å². The lowest BCUT2D eigenvalue weighted by Gasteiger charge is -2.10. The summed E-state index contributed by atoms with van der Waals surface area (Å²) in [6.07, 6.45) is 2.79. The molecule has 0 bridgehead atoms. The van der Waals surface area contributed by atoms with Gasteiger partial charge in [0.25, 0.3) is 5.56 Å². The summed E-state index contributed by atoms with van der Waals surface area (Å²) < 4.78 is 6.58. The monoisotopic (exact) mass is 414 g/mol. The van der Waals surface area contributed by atoms with E-state index in [9.17, 15) is 14.4 Å². The molecule has 0 atom stereocenters. The molecule has 0 aliphatic carbocycles. The van der Waals surface area contributed by atoms with Crippen molar-refractivity contribution in [1.29, 1.82) is 0 Å². The van der Waals surface area contributed by atoms with E-state index in [2.05, 4.69) is 15.4 Å². The van der Waals surface area contributed by atoms with Crippen LogP contribution in [0, 0.1) is 0 Å². The number of benzene rings is 1. The lowest BCUT2D eigenvalue weighted by atomic mass is 10.1. The van der Waals surface area contributed by atoms with E-state index in [1.807, 2.05) is 13.8 Å². The second kappa shape index (κ2) is 9.42. The minimum absolute atomic E-state index is 0.149. The fourth-order valence-electron chi connectivity index (χ4n) is 2.65. The van der Waals surface area contributed by atoms with Gasteiger partial charge in [-0.05, 0) is 25.0 Å². The van der Waals surface area contributed by atoms with Gasteiger partial charge in [-0.3, -0.25) is 9.59 Å². The number of amides is 1. The van der Waals surface area contributed by atoms with Crippen LogP contribution in [0.25, 0.3) is 4.96 Å². The first-order chi connectivity index (χ1) is 14.0. The molecule has 1 amide bonds. The van der Waals surface area contributed by atoms with Gasteiger partial charge in [0.1, 0.15) is 11.6 Å². The first kappa shape index (κ1) is 20.7. The van der Waals surface area contributed by atoms with E-state index >= 15 is 0 Å². The third-order valence-corrected chi connectivity index (χ3v) is 5.22. The Kier molecular flexibility index (Phi) is 6.71. The molecule has 0 spiro atoms. The van der Waals surface area contributed by atoms with Crippen molar-refractivity contribution in [3.8, 4) is 0 Å². The molecule has 0 unspecified atom stereocenters. The van der Waals surface area contributed by atoms with Crippen molar-refractivity contribution in [2.24, 2.45) is 0 Å². The fourth-order valence-corrected chi connectivity index (χ4v) is 3.51. The molecule has 29 heavy (non-hydrogen) atoms. The Morgan fingerprint density at radius 3 is 2.79 bits per heavy atom. The minimum Gasteiger partial charge on any atom is -0.456 e. The highest BCUT2D eigenvalue weighted by Gasteiger charge is 2.15. The van der Waals surface area contributed by atoms with Gasteiger partial charge in [-0.2, -0.15) is 9.61 Å². The normalized spacial score (nSPS) is 10.8. The number of nitrogens with one attached hydrogen (secondary N) is 1. The highest BCUT2D eigenvalue weighted by atomic mass is 32.1. The molecule has 3 rings (SSSR count). The molecule has 1 aromatic carbocycles. The van der Waals surface area contributed by atoms with Crippen LogP contribution in [0.2, 0.25) is 0 Å². The summed E-state index contributed by atoms with van der Waals surface area (Å²) >= 11 is 1.32. The Morgan fingerprint density at radius 2 is 2.03 bits per heavy atom. The molecule has 0 saturated heterocycles. The Morgan fingerprint density at radius 1 is 1.24 bits per heavy atom. The van der Waals surface area contributed by atoms with Crippen molar-refractivity contribution in [2.45, 2.75) is 46.1 Å². The summed E-state index contributed by atoms with van der Waals surface area (Å²) in [6, 6.07) is 7.97. The molecule has 152 valence electrons. The van der Waals surface area contributed by atoms with Crippen LogP contribution in [0.4, 0.5) is 5.69 Å². The third kappa shape index (κ3) is 5.05. The molecular formula is C20H22N4O4S. The number of anilines is 1. The van der Waals surface area contributed by atoms with Crippen LogP contribution >= 0.6 is 11.3 Å². The van der Waals surface area contributed by atoms with Crippen LogP contribution in [-0.2, 0) is 22.6 Å². The number of esters is 1. The number of rotatable bonds is 8. The summed E-state index contributed by atoms with van der Waals surface area (Å²) in [5, 5.41) is 7.74. The number of hydrogen-bond donors (Lipinski definition) is 1. The van der Waals surface area contributed by atoms with Gasteiger partial charge in [0.15, 0.2) is 0 Å². The zero-order valence-electron chi connectivity index (χ0n) is 16.3. The lowest BCUT2D eigenvalue weighted by Crippen LogP contribution is -2.17. The number of nitrogens with zero attached hydrogens (tertiary/aromatic N) is 3. The largest absolute Gasteiger partial charge is 0.456 e. The summed E-state index contributed by atoms with van der Waals surface area (Å²) in [5.41, 5.74) is 0.679. The quantitative estimate of drug-likeness (QED) is 0.568. The van der Waals surface area contributed by atoms with E-state index in [-0.39, 0.29) is 23.6 Å². The van der Waals surface area contributed by atoms with Gasteiger partial charge in [0.2, 0.25) is 10.9 Å². The number of carbonyl (C=O) groups is 2. The van der Waals surface area contributed by atoms with Gasteiger partial charge in [-0.15, -0.1) is 0 Å². The predicted molar refractivity (Wildman–Crippen MR) is 110 cm³/mol. The van der Waals surface area contributed by atoms with Crippen LogP contribution in [0.1, 0.15) is 54.2 Å². The van der Waals surface area contributed by atoms with Crippen LogP contribution in [-0.4, -0.2) is 26.5 Å². The number of carbonyl (C=O) groups excluding carboxylic acids is 2. The zero-order chi connectivity index (χ0) is 20.8. The maximum atomic E-state index is 12.5. The summed E-state index contributed by atoms with van der Waals surface area (Å²) in [7, 11) is 0. The Labute approximate surface area is 171 Å². The van der Waals surface area contributed by atoms with Gasteiger partial charge in [-0.1, -0.05) is 43.7 Å². The topological polar surface area (TPSA) is 103 Å². The number of aromatic nitrogens is 3. The zero-order valence-corrected chi connectivity index (χ0v) is 17.1. The number of aryl methyl sites for hydroxylation is 1. The first-order valence-corrected chi connectivity index (χ1v) is 10.3. The molecular weight excluding hydrogens is 392 g/mol. The SMILES string of the molecule is CCCCC(=O)Nc1ccccc1C(=O)OCc1cc(=O)n2nc(CC)sc2n1. The van der Waals surface area contributed by atoms with Gasteiger partial charge >= 0.3 is 5.97 Å². The van der Waals surface area contributed by atoms with E-state index in [1.165, 1.54) is 21.9 Å². The molecule has 0 fully saturated rings. The van der Waals surface area contributed by atoms with Crippen molar-refractivity contribution < 1.29 is 14.3 Å². The highest BCUT2D eigenvalue weighted by molar-refractivity contribution is 7.16. The van der Waals surface area contributed by atoms with Crippen molar-refractivity contribution in [2.75, 3.05) is 5.32 Å². The van der Waals surface area contributed by atoms with Crippen LogP contribution in [0.5, 0.6) is 0 Å². The predicted octanol–water partition coefficient (Wildman–Crippen LogP) is 3.20. The van der Waals surface area contributed by atoms with E-state index in [0.29, 0.717) is 29.2 Å². The fraction of sp³-hybridized carbons (Fsp3) is 0.350. The maximum Gasteiger partial charge on any atom is 0.340 e. The van der Waals surface area contributed by atoms with Gasteiger partial charge in [0.05, 0.1) is 16.9 Å². The second-order valence-electron chi connectivity index (χ2n) is 6.40. The van der Waals surface area contributed by atoms with E-state index in [1.54, 1.807) is 24.3 Å². The van der Waals surface area contributed by atoms with Gasteiger partial charge in [-0.25, -0.2) is 9.78 Å². The maximum absolute atomic E-state index is 12.5. The molecule has 1 N–H and O–H groups in total. The number of para-hydroxylation sites is 1. The summed E-state index contributed by atoms with van der Waals surface area (Å²) in [4.78, 5) is 41.5. The van der Waals surface area contributed by atoms with Crippen LogP contribution < -0.4 is 10.9 Å². The second-order valence-corrected chi connectivity index (χ2v) is 7.44. The molecule has 0 aliphatic rings. The van der Waals surface area contributed by atoms with E-state index < -0.39 is 5.97 Å². The summed E-state index contributed by atoms with van der Waals surface area (Å²) in [6.45, 7) is 3.80. The molecule has 8 nitrogen and oxygen atoms in total. The summed E-state index contributed by atoms with van der Waals surface area (Å²) in [5.74, 6) is -0.749. The van der Waals surface area contributed by atoms with E-state index in [0.717, 1.165) is 17.8 Å². The molecule has 2 heterocycles. The van der Waals surface area contributed by atoms with Crippen molar-refractivity contribution in [3.63, 3.8) is 0 Å². The molecule has 0 saturated carbocycles. The number of fused-ring (bicyclic) bond motifs is 1. The molecule has 0 radical (unpaired) electrons. The van der Waals surface area contributed by atoms with Gasteiger partial charge in [0, 0.05) is 12.5 Å². The molecule has 0 aliphatic heterocycles. The molecule has 9 heteroatoms. The number of hydrogen-bond acceptors (Lipinski definition) is 7. The van der Waals surface area contributed by atoms with Gasteiger partial charge < -0.3 is 10.1 Å². The average Bonchev–Trinajstić information content (AvgIpc) is 3.15. The van der Waals surface area contributed by atoms with Crippen LogP contribution in [0.3, 0.4) is 0 Å². The highest BCUT2D eigenvalue weighted by Crippen LogP contribution is 2.18. The Hall–Kier alpha value is -3.07. The van der Waals surface area contributed by atoms with Crippen molar-refractivity contribution in [3.05, 3.63) is 57.0 Å². The number of ether oxygens (including phenoxy) is 1. The van der Waals surface area contributed by atoms with Crippen molar-refractivity contribution in [1.82, 2.24) is 14.6 Å². The Balaban J connectivity index is 1.72. The Bertz CT molecular complexity index is 1090. The lowest BCUT2D eigenvalue weighted by molar-refractivity contribution is -0.116. The van der Waals surface area contributed by atoms with Crippen molar-refractivity contribution >= 4 is 33.9 Å². The average molecular weight is 414 g/mol.